The first-order valence-electron chi connectivity index (χ1n) is 15.0. The quantitative estimate of drug-likeness (QED) is 0.429. The number of nitriles is 1. The number of piperazine rings is 1. The first-order valence-corrected chi connectivity index (χ1v) is 16.9. The lowest BCUT2D eigenvalue weighted by Gasteiger charge is -2.33. The molecule has 1 aromatic heterocycles. The van der Waals surface area contributed by atoms with E-state index >= 15 is 0 Å². The van der Waals surface area contributed by atoms with Gasteiger partial charge in [0, 0.05) is 55.3 Å². The fraction of sp³-hybridized carbons (Fsp3) is 0.438. The normalized spacial score (nSPS) is 21.8. The van der Waals surface area contributed by atoms with Gasteiger partial charge in [0.1, 0.15) is 11.4 Å². The van der Waals surface area contributed by atoms with Gasteiger partial charge in [-0.15, -0.1) is 0 Å². The summed E-state index contributed by atoms with van der Waals surface area (Å²) in [5, 5.41) is 17.5. The van der Waals surface area contributed by atoms with Crippen LogP contribution in [0.15, 0.2) is 54.7 Å². The Kier molecular flexibility index (Phi) is 8.02. The van der Waals surface area contributed by atoms with Gasteiger partial charge in [-0.2, -0.15) is 14.7 Å². The summed E-state index contributed by atoms with van der Waals surface area (Å²) in [6.45, 7) is 1.17. The van der Waals surface area contributed by atoms with E-state index in [0.29, 0.717) is 43.6 Å². The second kappa shape index (κ2) is 11.8. The van der Waals surface area contributed by atoms with E-state index in [2.05, 4.69) is 11.4 Å². The third-order valence-corrected chi connectivity index (χ3v) is 10.4. The summed E-state index contributed by atoms with van der Waals surface area (Å²) in [5.41, 5.74) is 2.82. The number of hydrogen-bond acceptors (Lipinski definition) is 6. The van der Waals surface area contributed by atoms with Gasteiger partial charge < -0.3 is 10.2 Å². The summed E-state index contributed by atoms with van der Waals surface area (Å²) < 4.78 is 40.5. The summed E-state index contributed by atoms with van der Waals surface area (Å²) >= 11 is 0. The van der Waals surface area contributed by atoms with Gasteiger partial charge in [0.2, 0.25) is 15.9 Å². The van der Waals surface area contributed by atoms with Crippen LogP contribution in [-0.2, 0) is 14.8 Å². The number of benzene rings is 2. The van der Waals surface area contributed by atoms with Crippen LogP contribution < -0.4 is 5.32 Å². The van der Waals surface area contributed by atoms with Crippen molar-refractivity contribution in [1.82, 2.24) is 24.3 Å². The predicted octanol–water partition coefficient (Wildman–Crippen LogP) is 3.84. The molecule has 0 radical (unpaired) electrons. The van der Waals surface area contributed by atoms with Crippen molar-refractivity contribution in [1.29, 1.82) is 5.26 Å². The zero-order valence-electron chi connectivity index (χ0n) is 24.6. The van der Waals surface area contributed by atoms with E-state index in [0.717, 1.165) is 36.1 Å². The summed E-state index contributed by atoms with van der Waals surface area (Å²) in [4.78, 5) is 28.4. The molecule has 3 fully saturated rings. The monoisotopic (exact) mass is 618 g/mol. The molecular weight excluding hydrogens is 583 g/mol. The van der Waals surface area contributed by atoms with Crippen LogP contribution in [0.25, 0.3) is 16.8 Å². The Balaban J connectivity index is 1.30. The zero-order valence-corrected chi connectivity index (χ0v) is 25.4. The van der Waals surface area contributed by atoms with Crippen molar-refractivity contribution in [2.45, 2.75) is 50.0 Å². The van der Waals surface area contributed by atoms with Crippen LogP contribution in [0.3, 0.4) is 0 Å². The molecule has 3 aliphatic rings. The van der Waals surface area contributed by atoms with Gasteiger partial charge >= 0.3 is 0 Å². The highest BCUT2D eigenvalue weighted by molar-refractivity contribution is 7.88. The van der Waals surface area contributed by atoms with E-state index in [1.54, 1.807) is 33.8 Å². The first-order chi connectivity index (χ1) is 21.1. The predicted molar refractivity (Wildman–Crippen MR) is 162 cm³/mol. The average molecular weight is 619 g/mol. The Morgan fingerprint density at radius 2 is 1.66 bits per heavy atom. The van der Waals surface area contributed by atoms with Crippen LogP contribution >= 0.6 is 0 Å². The van der Waals surface area contributed by atoms with Crippen LogP contribution in [-0.4, -0.2) is 77.2 Å². The van der Waals surface area contributed by atoms with Gasteiger partial charge in [0.15, 0.2) is 0 Å². The number of nitrogens with zero attached hydrogens (tertiary/aromatic N) is 5. The highest BCUT2D eigenvalue weighted by atomic mass is 32.2. The molecule has 0 bridgehead atoms. The standard InChI is InChI=1S/C32H35FN6O4S/c1-44(42,43)38-18-16-37(17-19-38)31(41)23-8-6-22(7-9-23)28-20-39(25-12-10-24(33)11-13-25)36-29(28)26-4-2-3-5-27(26)30(40)35-32(21-34)14-15-32/h6-13,20,26-27H,2-5,14-19H2,1H3,(H,35,40)/t26-,27-/m1/s1. The molecule has 2 amide bonds. The second-order valence-electron chi connectivity index (χ2n) is 12.1. The van der Waals surface area contributed by atoms with Gasteiger partial charge in [-0.3, -0.25) is 9.59 Å². The second-order valence-corrected chi connectivity index (χ2v) is 14.0. The van der Waals surface area contributed by atoms with Crippen molar-refractivity contribution < 1.29 is 22.4 Å². The van der Waals surface area contributed by atoms with Crippen molar-refractivity contribution in [3.05, 3.63) is 71.8 Å². The lowest BCUT2D eigenvalue weighted by Crippen LogP contribution is -2.50. The Labute approximate surface area is 256 Å². The lowest BCUT2D eigenvalue weighted by atomic mass is 9.75. The summed E-state index contributed by atoms with van der Waals surface area (Å²) in [6, 6.07) is 15.5. The van der Waals surface area contributed by atoms with E-state index in [1.165, 1.54) is 22.7 Å². The van der Waals surface area contributed by atoms with Crippen LogP contribution in [0.2, 0.25) is 0 Å². The minimum Gasteiger partial charge on any atom is -0.338 e. The largest absolute Gasteiger partial charge is 0.338 e. The number of carbonyl (C=O) groups is 2. The van der Waals surface area contributed by atoms with Crippen molar-refractivity contribution in [3.63, 3.8) is 0 Å². The molecule has 2 aromatic carbocycles. The summed E-state index contributed by atoms with van der Waals surface area (Å²) in [5.74, 6) is -1.15. The van der Waals surface area contributed by atoms with Crippen molar-refractivity contribution >= 4 is 21.8 Å². The van der Waals surface area contributed by atoms with Gasteiger partial charge in [0.05, 0.1) is 23.7 Å². The number of halogens is 1. The molecule has 1 saturated heterocycles. The molecule has 230 valence electrons. The zero-order chi connectivity index (χ0) is 31.1. The number of amides is 2. The number of sulfonamides is 1. The van der Waals surface area contributed by atoms with Crippen LogP contribution in [0.5, 0.6) is 0 Å². The van der Waals surface area contributed by atoms with Gasteiger partial charge in [-0.05, 0) is 67.6 Å². The molecule has 0 unspecified atom stereocenters. The smallest absolute Gasteiger partial charge is 0.253 e. The molecule has 6 rings (SSSR count). The summed E-state index contributed by atoms with van der Waals surface area (Å²) in [7, 11) is -3.30. The van der Waals surface area contributed by atoms with E-state index in [4.69, 9.17) is 5.10 Å². The van der Waals surface area contributed by atoms with Gasteiger partial charge in [0.25, 0.3) is 5.91 Å². The highest BCUT2D eigenvalue weighted by Crippen LogP contribution is 2.43. The minimum atomic E-state index is -3.30. The third kappa shape index (κ3) is 6.12. The molecule has 3 aromatic rings. The van der Waals surface area contributed by atoms with Crippen LogP contribution in [0.4, 0.5) is 4.39 Å². The molecule has 44 heavy (non-hydrogen) atoms. The molecule has 2 aliphatic carbocycles. The number of aromatic nitrogens is 2. The summed E-state index contributed by atoms with van der Waals surface area (Å²) in [6.07, 6.45) is 7.70. The Morgan fingerprint density at radius 3 is 2.27 bits per heavy atom. The number of carbonyl (C=O) groups excluding carboxylic acids is 2. The Hall–Kier alpha value is -4.08. The molecule has 12 heteroatoms. The van der Waals surface area contributed by atoms with E-state index < -0.39 is 15.6 Å². The van der Waals surface area contributed by atoms with E-state index in [-0.39, 0.29) is 42.6 Å². The molecule has 1 aliphatic heterocycles. The SMILES string of the molecule is CS(=O)(=O)N1CCN(C(=O)c2ccc(-c3cn(-c4ccc(F)cc4)nc3[C@@H]3CCCC[C@H]3C(=O)NC3(C#N)CC3)cc2)CC1. The Morgan fingerprint density at radius 1 is 1.00 bits per heavy atom. The van der Waals surface area contributed by atoms with Gasteiger partial charge in [-0.25, -0.2) is 17.5 Å². The maximum atomic E-state index is 13.7. The van der Waals surface area contributed by atoms with Crippen LogP contribution in [0, 0.1) is 23.1 Å². The fourth-order valence-electron chi connectivity index (χ4n) is 6.30. The van der Waals surface area contributed by atoms with Gasteiger partial charge in [-0.1, -0.05) is 25.0 Å². The topological polar surface area (TPSA) is 128 Å². The Bertz CT molecular complexity index is 1700. The first kappa shape index (κ1) is 30.0. The highest BCUT2D eigenvalue weighted by Gasteiger charge is 2.47. The van der Waals surface area contributed by atoms with Crippen LogP contribution in [0.1, 0.15) is 60.5 Å². The molecule has 2 heterocycles. The van der Waals surface area contributed by atoms with Crippen molar-refractivity contribution in [3.8, 4) is 22.9 Å². The van der Waals surface area contributed by atoms with Crippen molar-refractivity contribution in [2.24, 2.45) is 5.92 Å². The molecule has 1 N–H and O–H groups in total. The maximum absolute atomic E-state index is 13.7. The average Bonchev–Trinajstić information content (AvgIpc) is 3.67. The lowest BCUT2D eigenvalue weighted by molar-refractivity contribution is -0.127. The molecular formula is C32H35FN6O4S. The maximum Gasteiger partial charge on any atom is 0.253 e. The molecule has 0 spiro atoms. The fourth-order valence-corrected chi connectivity index (χ4v) is 7.12. The van der Waals surface area contributed by atoms with E-state index in [9.17, 15) is 27.7 Å². The molecule has 2 atom stereocenters. The minimum absolute atomic E-state index is 0.118. The third-order valence-electron chi connectivity index (χ3n) is 9.05. The molecule has 2 saturated carbocycles. The number of hydrogen-bond donors (Lipinski definition) is 1. The van der Waals surface area contributed by atoms with Crippen molar-refractivity contribution in [2.75, 3.05) is 32.4 Å². The van der Waals surface area contributed by atoms with E-state index in [1.807, 2.05) is 18.3 Å². The molecule has 10 nitrogen and oxygen atoms in total. The number of nitrogens with one attached hydrogen (secondary N) is 1. The number of rotatable bonds is 7.